The Balaban J connectivity index is 1.56. The molecule has 4 nitrogen and oxygen atoms in total. The Morgan fingerprint density at radius 1 is 0.583 bits per heavy atom. The molecule has 2 aromatic heterocycles. The molecule has 2 heterocycles. The van der Waals surface area contributed by atoms with E-state index in [1.165, 1.54) is 20.0 Å². The normalized spacial score (nSPS) is 10.8. The Morgan fingerprint density at radius 3 is 1.42 bits per heavy atom. The molecule has 0 bridgehead atoms. The number of hydrogen-bond donors (Lipinski definition) is 0. The molecule has 0 unspecified atom stereocenters. The van der Waals surface area contributed by atoms with Gasteiger partial charge in [-0.15, -0.1) is 0 Å². The van der Waals surface area contributed by atoms with Crippen LogP contribution in [0.25, 0.3) is 22.5 Å². The zero-order chi connectivity index (χ0) is 16.2. The average Bonchev–Trinajstić information content (AvgIpc) is 3.30. The van der Waals surface area contributed by atoms with Crippen LogP contribution in [0.3, 0.4) is 0 Å². The molecule has 0 spiro atoms. The van der Waals surface area contributed by atoms with Crippen molar-refractivity contribution in [1.82, 2.24) is 18.4 Å². The second-order valence-electron chi connectivity index (χ2n) is 5.32. The van der Waals surface area contributed by atoms with Crippen molar-refractivity contribution in [3.8, 4) is 22.5 Å². The van der Waals surface area contributed by atoms with Gasteiger partial charge in [0.15, 0.2) is 0 Å². The molecule has 0 amide bonds. The molecule has 0 fully saturated rings. The third-order valence-corrected chi connectivity index (χ3v) is 7.06. The summed E-state index contributed by atoms with van der Waals surface area (Å²) in [4.78, 5) is 0. The predicted octanol–water partition coefficient (Wildman–Crippen LogP) is 2.50. The summed E-state index contributed by atoms with van der Waals surface area (Å²) in [6.07, 6.45) is 1.99. The molecular formula is C18H14N4Se2. The van der Waals surface area contributed by atoms with Crippen LogP contribution in [-0.4, -0.2) is 47.9 Å². The van der Waals surface area contributed by atoms with E-state index >= 15 is 0 Å². The summed E-state index contributed by atoms with van der Waals surface area (Å²) in [5, 5.41) is 8.77. The Kier molecular flexibility index (Phi) is 4.81. The van der Waals surface area contributed by atoms with Crippen molar-refractivity contribution < 1.29 is 0 Å². The SMILES string of the molecule is c1ccc(-c2nn[se]c2CCc2[se]nnc2-c2ccccc2)cc1. The Hall–Kier alpha value is -1.84. The topological polar surface area (TPSA) is 51.6 Å². The van der Waals surface area contributed by atoms with E-state index < -0.39 is 0 Å². The van der Waals surface area contributed by atoms with Gasteiger partial charge in [0, 0.05) is 0 Å². The van der Waals surface area contributed by atoms with E-state index in [0.717, 1.165) is 24.2 Å². The number of rotatable bonds is 5. The summed E-state index contributed by atoms with van der Waals surface area (Å²) >= 11 is 0.247. The second kappa shape index (κ2) is 7.37. The molecule has 0 N–H and O–H groups in total. The van der Waals surface area contributed by atoms with Crippen LogP contribution in [0.1, 0.15) is 8.87 Å². The van der Waals surface area contributed by atoms with Crippen LogP contribution in [0.5, 0.6) is 0 Å². The third-order valence-electron chi connectivity index (χ3n) is 3.79. The molecular weight excluding hydrogens is 430 g/mol. The van der Waals surface area contributed by atoms with Crippen LogP contribution >= 0.6 is 0 Å². The molecule has 0 atom stereocenters. The first-order valence-electron chi connectivity index (χ1n) is 7.65. The van der Waals surface area contributed by atoms with Crippen molar-refractivity contribution in [2.45, 2.75) is 12.8 Å². The van der Waals surface area contributed by atoms with E-state index in [2.05, 4.69) is 66.9 Å². The van der Waals surface area contributed by atoms with Crippen molar-refractivity contribution in [3.63, 3.8) is 0 Å². The average molecular weight is 444 g/mol. The summed E-state index contributed by atoms with van der Waals surface area (Å²) in [5.74, 6) is 0. The number of benzene rings is 2. The monoisotopic (exact) mass is 446 g/mol. The molecule has 0 aliphatic heterocycles. The van der Waals surface area contributed by atoms with Gasteiger partial charge in [0.1, 0.15) is 0 Å². The van der Waals surface area contributed by atoms with Crippen molar-refractivity contribution in [3.05, 3.63) is 69.5 Å². The second-order valence-corrected chi connectivity index (χ2v) is 8.84. The van der Waals surface area contributed by atoms with Crippen molar-refractivity contribution in [2.24, 2.45) is 0 Å². The van der Waals surface area contributed by atoms with Crippen LogP contribution in [0.2, 0.25) is 0 Å². The molecule has 118 valence electrons. The fourth-order valence-corrected chi connectivity index (χ4v) is 5.37. The Bertz CT molecular complexity index is 839. The van der Waals surface area contributed by atoms with Gasteiger partial charge in [0.05, 0.1) is 0 Å². The predicted molar refractivity (Wildman–Crippen MR) is 96.2 cm³/mol. The minimum absolute atomic E-state index is 0.124. The fraction of sp³-hybridized carbons (Fsp3) is 0.111. The summed E-state index contributed by atoms with van der Waals surface area (Å²) in [5.41, 5.74) is 4.46. The molecule has 0 radical (unpaired) electrons. The van der Waals surface area contributed by atoms with Gasteiger partial charge in [-0.25, -0.2) is 0 Å². The molecule has 4 rings (SSSR count). The van der Waals surface area contributed by atoms with Crippen molar-refractivity contribution in [1.29, 1.82) is 0 Å². The summed E-state index contributed by atoms with van der Waals surface area (Å²) in [6.45, 7) is 0. The van der Waals surface area contributed by atoms with E-state index in [9.17, 15) is 0 Å². The van der Waals surface area contributed by atoms with Gasteiger partial charge in [0.25, 0.3) is 0 Å². The molecule has 0 aliphatic rings. The van der Waals surface area contributed by atoms with Crippen LogP contribution in [0.4, 0.5) is 0 Å². The molecule has 0 saturated carbocycles. The maximum atomic E-state index is 4.38. The molecule has 24 heavy (non-hydrogen) atoms. The third kappa shape index (κ3) is 3.33. The van der Waals surface area contributed by atoms with Gasteiger partial charge in [-0.1, -0.05) is 0 Å². The van der Waals surface area contributed by atoms with Gasteiger partial charge in [0.2, 0.25) is 0 Å². The summed E-state index contributed by atoms with van der Waals surface area (Å²) < 4.78 is 11.3. The van der Waals surface area contributed by atoms with Crippen LogP contribution in [-0.2, 0) is 12.8 Å². The summed E-state index contributed by atoms with van der Waals surface area (Å²) in [6, 6.07) is 20.7. The number of aryl methyl sites for hydroxylation is 2. The zero-order valence-electron chi connectivity index (χ0n) is 12.8. The standard InChI is InChI=1S/C18H14N4Se2/c1-3-7-13(8-4-1)17-15(23-21-19-17)11-12-16-18(20-22-24-16)14-9-5-2-6-10-14/h1-10H,11-12H2. The van der Waals surface area contributed by atoms with Gasteiger partial charge in [-0.05, 0) is 0 Å². The summed E-state index contributed by atoms with van der Waals surface area (Å²) in [7, 11) is 0. The molecule has 0 saturated heterocycles. The number of aromatic nitrogens is 4. The molecule has 2 aromatic carbocycles. The van der Waals surface area contributed by atoms with Crippen LogP contribution < -0.4 is 0 Å². The molecule has 4 aromatic rings. The maximum absolute atomic E-state index is 4.38. The van der Waals surface area contributed by atoms with E-state index in [4.69, 9.17) is 0 Å². The van der Waals surface area contributed by atoms with Gasteiger partial charge in [-0.2, -0.15) is 0 Å². The minimum atomic E-state index is 0.124. The van der Waals surface area contributed by atoms with Gasteiger partial charge < -0.3 is 0 Å². The van der Waals surface area contributed by atoms with Crippen LogP contribution in [0.15, 0.2) is 60.7 Å². The van der Waals surface area contributed by atoms with E-state index in [0.29, 0.717) is 0 Å². The fourth-order valence-electron chi connectivity index (χ4n) is 2.60. The van der Waals surface area contributed by atoms with Crippen molar-refractivity contribution >= 4 is 29.5 Å². The Morgan fingerprint density at radius 2 is 1.00 bits per heavy atom. The van der Waals surface area contributed by atoms with Gasteiger partial charge in [-0.3, -0.25) is 0 Å². The van der Waals surface area contributed by atoms with Crippen LogP contribution in [0, 0.1) is 0 Å². The van der Waals surface area contributed by atoms with E-state index in [1.807, 2.05) is 12.1 Å². The number of nitrogens with zero attached hydrogens (tertiary/aromatic N) is 4. The van der Waals surface area contributed by atoms with E-state index in [1.54, 1.807) is 0 Å². The first-order chi connectivity index (χ1) is 11.9. The zero-order valence-corrected chi connectivity index (χ0v) is 16.2. The van der Waals surface area contributed by atoms with Gasteiger partial charge >= 0.3 is 153 Å². The first-order valence-corrected chi connectivity index (χ1v) is 10.9. The molecule has 0 aliphatic carbocycles. The van der Waals surface area contributed by atoms with E-state index in [-0.39, 0.29) is 29.5 Å². The molecule has 6 heteroatoms. The quantitative estimate of drug-likeness (QED) is 0.444. The first kappa shape index (κ1) is 15.7. The number of hydrogen-bond acceptors (Lipinski definition) is 4. The van der Waals surface area contributed by atoms with Crippen molar-refractivity contribution in [2.75, 3.05) is 0 Å². The Labute approximate surface area is 152 Å².